The molecule has 0 spiro atoms. The van der Waals surface area contributed by atoms with Crippen molar-refractivity contribution < 1.29 is 0 Å². The Kier molecular flexibility index (Phi) is 4.87. The maximum atomic E-state index is 6.05. The third kappa shape index (κ3) is 3.78. The van der Waals surface area contributed by atoms with E-state index in [9.17, 15) is 0 Å². The van der Waals surface area contributed by atoms with E-state index in [4.69, 9.17) is 16.6 Å². The molecule has 1 aliphatic heterocycles. The van der Waals surface area contributed by atoms with Crippen LogP contribution >= 0.6 is 23.1 Å². The van der Waals surface area contributed by atoms with Gasteiger partial charge in [0.05, 0.1) is 10.7 Å². The molecule has 6 nitrogen and oxygen atoms in total. The molecule has 3 aromatic rings. The van der Waals surface area contributed by atoms with Crippen molar-refractivity contribution in [3.63, 3.8) is 0 Å². The van der Waals surface area contributed by atoms with Gasteiger partial charge in [-0.1, -0.05) is 18.5 Å². The zero-order valence-electron chi connectivity index (χ0n) is 14.2. The molecule has 4 heterocycles. The maximum Gasteiger partial charge on any atom is 0.205 e. The number of rotatable bonds is 4. The molecule has 0 radical (unpaired) electrons. The molecule has 0 amide bonds. The van der Waals surface area contributed by atoms with Crippen LogP contribution in [-0.2, 0) is 13.0 Å². The summed E-state index contributed by atoms with van der Waals surface area (Å²) in [6.45, 7) is 7.06. The van der Waals surface area contributed by atoms with Gasteiger partial charge < -0.3 is 9.30 Å². The topological polar surface area (TPSA) is 49.6 Å². The quantitative estimate of drug-likeness (QED) is 0.700. The number of nitrogens with zero attached hydrogens (tertiary/aromatic N) is 6. The molecule has 0 aromatic carbocycles. The average molecular weight is 377 g/mol. The molecule has 0 unspecified atom stereocenters. The Morgan fingerprint density at radius 1 is 1.12 bits per heavy atom. The molecular weight excluding hydrogens is 356 g/mol. The minimum atomic E-state index is 0.727. The van der Waals surface area contributed by atoms with E-state index in [-0.39, 0.29) is 0 Å². The van der Waals surface area contributed by atoms with Crippen molar-refractivity contribution >= 4 is 33.9 Å². The average Bonchev–Trinajstić information content (AvgIpc) is 3.17. The van der Waals surface area contributed by atoms with Gasteiger partial charge in [-0.25, -0.2) is 9.97 Å². The van der Waals surface area contributed by atoms with E-state index < -0.39 is 0 Å². The molecule has 25 heavy (non-hydrogen) atoms. The van der Waals surface area contributed by atoms with Gasteiger partial charge in [-0.2, -0.15) is 4.37 Å². The second kappa shape index (κ2) is 7.27. The first-order valence-corrected chi connectivity index (χ1v) is 9.79. The highest BCUT2D eigenvalue weighted by Gasteiger charge is 2.18. The van der Waals surface area contributed by atoms with Crippen LogP contribution in [0.25, 0.3) is 5.65 Å². The Bertz CT molecular complexity index is 860. The summed E-state index contributed by atoms with van der Waals surface area (Å²) in [5.74, 6) is 0.949. The van der Waals surface area contributed by atoms with Crippen molar-refractivity contribution in [1.82, 2.24) is 23.6 Å². The van der Waals surface area contributed by atoms with Gasteiger partial charge in [0.1, 0.15) is 11.5 Å². The van der Waals surface area contributed by atoms with Crippen molar-refractivity contribution in [2.75, 3.05) is 31.1 Å². The fraction of sp³-hybridized carbons (Fsp3) is 0.471. The van der Waals surface area contributed by atoms with E-state index in [0.29, 0.717) is 0 Å². The lowest BCUT2D eigenvalue weighted by molar-refractivity contribution is 0.282. The molecule has 0 aliphatic carbocycles. The van der Waals surface area contributed by atoms with Crippen molar-refractivity contribution in [3.8, 4) is 0 Å². The maximum absolute atomic E-state index is 6.05. The van der Waals surface area contributed by atoms with Crippen LogP contribution in [0.4, 0.5) is 5.13 Å². The van der Waals surface area contributed by atoms with E-state index in [1.165, 1.54) is 11.5 Å². The van der Waals surface area contributed by atoms with Crippen LogP contribution in [0.15, 0.2) is 24.5 Å². The third-order valence-electron chi connectivity index (χ3n) is 4.48. The van der Waals surface area contributed by atoms with Crippen molar-refractivity contribution in [2.24, 2.45) is 0 Å². The van der Waals surface area contributed by atoms with Crippen molar-refractivity contribution in [2.45, 2.75) is 26.3 Å². The Morgan fingerprint density at radius 2 is 2.04 bits per heavy atom. The summed E-state index contributed by atoms with van der Waals surface area (Å²) in [7, 11) is 0. The lowest BCUT2D eigenvalue weighted by atomic mass is 10.3. The van der Waals surface area contributed by atoms with Gasteiger partial charge in [-0.15, -0.1) is 0 Å². The lowest BCUT2D eigenvalue weighted by Crippen LogP contribution is -2.30. The van der Waals surface area contributed by atoms with E-state index in [2.05, 4.69) is 32.3 Å². The molecule has 0 bridgehead atoms. The molecular formula is C17H21ClN6S. The zero-order valence-corrected chi connectivity index (χ0v) is 15.8. The van der Waals surface area contributed by atoms with Gasteiger partial charge in [0.2, 0.25) is 5.13 Å². The Morgan fingerprint density at radius 3 is 2.88 bits per heavy atom. The minimum absolute atomic E-state index is 0.727. The summed E-state index contributed by atoms with van der Waals surface area (Å²) < 4.78 is 6.41. The van der Waals surface area contributed by atoms with Crippen molar-refractivity contribution in [3.05, 3.63) is 41.1 Å². The van der Waals surface area contributed by atoms with Crippen LogP contribution < -0.4 is 4.90 Å². The predicted molar refractivity (Wildman–Crippen MR) is 102 cm³/mol. The van der Waals surface area contributed by atoms with Crippen LogP contribution in [0.1, 0.15) is 24.9 Å². The van der Waals surface area contributed by atoms with Crippen LogP contribution in [0.5, 0.6) is 0 Å². The van der Waals surface area contributed by atoms with Gasteiger partial charge in [0, 0.05) is 63.1 Å². The molecule has 1 aliphatic rings. The van der Waals surface area contributed by atoms with Crippen LogP contribution in [0.3, 0.4) is 0 Å². The molecule has 132 valence electrons. The monoisotopic (exact) mass is 376 g/mol. The SMILES string of the molecule is CCc1nsc(N2CCCN(Cc3cn4cc(Cl)ccc4n3)CC2)n1. The number of halogens is 1. The largest absolute Gasteiger partial charge is 0.346 e. The highest BCUT2D eigenvalue weighted by atomic mass is 35.5. The molecule has 0 atom stereocenters. The number of fused-ring (bicyclic) bond motifs is 1. The summed E-state index contributed by atoms with van der Waals surface area (Å²) in [6, 6.07) is 3.83. The van der Waals surface area contributed by atoms with Crippen LogP contribution in [0.2, 0.25) is 5.02 Å². The number of pyridine rings is 1. The smallest absolute Gasteiger partial charge is 0.205 e. The van der Waals surface area contributed by atoms with Gasteiger partial charge in [-0.3, -0.25) is 4.90 Å². The summed E-state index contributed by atoms with van der Waals surface area (Å²) in [5.41, 5.74) is 2.02. The third-order valence-corrected chi connectivity index (χ3v) is 5.52. The molecule has 1 fully saturated rings. The number of imidazole rings is 1. The summed E-state index contributed by atoms with van der Waals surface area (Å²) in [4.78, 5) is 14.2. The minimum Gasteiger partial charge on any atom is -0.346 e. The number of hydrogen-bond donors (Lipinski definition) is 0. The predicted octanol–water partition coefficient (Wildman–Crippen LogP) is 3.11. The normalized spacial score (nSPS) is 16.5. The Hall–Kier alpha value is -1.70. The van der Waals surface area contributed by atoms with Gasteiger partial charge >= 0.3 is 0 Å². The van der Waals surface area contributed by atoms with E-state index in [1.54, 1.807) is 0 Å². The first kappa shape index (κ1) is 16.8. The van der Waals surface area contributed by atoms with E-state index in [1.807, 2.05) is 22.7 Å². The van der Waals surface area contributed by atoms with Gasteiger partial charge in [0.15, 0.2) is 0 Å². The van der Waals surface area contributed by atoms with Gasteiger partial charge in [0.25, 0.3) is 0 Å². The van der Waals surface area contributed by atoms with Crippen LogP contribution in [-0.4, -0.2) is 49.8 Å². The fourth-order valence-corrected chi connectivity index (χ4v) is 4.13. The van der Waals surface area contributed by atoms with Gasteiger partial charge in [-0.05, 0) is 18.6 Å². The number of aryl methyl sites for hydroxylation is 1. The van der Waals surface area contributed by atoms with Crippen molar-refractivity contribution in [1.29, 1.82) is 0 Å². The first-order valence-electron chi connectivity index (χ1n) is 8.64. The molecule has 4 rings (SSSR count). The molecule has 1 saturated heterocycles. The number of hydrogen-bond acceptors (Lipinski definition) is 6. The molecule has 0 N–H and O–H groups in total. The molecule has 8 heteroatoms. The Labute approximate surface area is 156 Å². The Balaban J connectivity index is 1.41. The summed E-state index contributed by atoms with van der Waals surface area (Å²) in [6.07, 6.45) is 6.00. The molecule has 0 saturated carbocycles. The highest BCUT2D eigenvalue weighted by Crippen LogP contribution is 2.20. The van der Waals surface area contributed by atoms with E-state index in [0.717, 1.165) is 72.9 Å². The lowest BCUT2D eigenvalue weighted by Gasteiger charge is -2.20. The number of aromatic nitrogens is 4. The fourth-order valence-electron chi connectivity index (χ4n) is 3.16. The first-order chi connectivity index (χ1) is 12.2. The standard InChI is InChI=1S/C17H21ClN6S/c1-2-15-20-17(25-21-15)23-7-3-6-22(8-9-23)11-14-12-24-10-13(18)4-5-16(24)19-14/h4-5,10,12H,2-3,6-9,11H2,1H3. The second-order valence-corrected chi connectivity index (χ2v) is 7.48. The summed E-state index contributed by atoms with van der Waals surface area (Å²) >= 11 is 7.57. The molecule has 3 aromatic heterocycles. The second-order valence-electron chi connectivity index (χ2n) is 6.31. The highest BCUT2D eigenvalue weighted by molar-refractivity contribution is 7.09. The summed E-state index contributed by atoms with van der Waals surface area (Å²) in [5, 5.41) is 1.78. The number of anilines is 1. The zero-order chi connectivity index (χ0) is 17.2. The van der Waals surface area contributed by atoms with E-state index >= 15 is 0 Å². The van der Waals surface area contributed by atoms with Crippen LogP contribution in [0, 0.1) is 0 Å².